The average Bonchev–Trinajstić information content (AvgIpc) is 3.00. The minimum atomic E-state index is 0.187. The third-order valence-corrected chi connectivity index (χ3v) is 3.84. The summed E-state index contributed by atoms with van der Waals surface area (Å²) < 4.78 is 0. The largest absolute Gasteiger partial charge is 0.346 e. The number of aromatic nitrogens is 4. The number of thiazole rings is 1. The molecule has 1 aliphatic heterocycles. The van der Waals surface area contributed by atoms with Gasteiger partial charge in [0.15, 0.2) is 5.82 Å². The van der Waals surface area contributed by atoms with Gasteiger partial charge in [0, 0.05) is 18.1 Å². The third-order valence-electron chi connectivity index (χ3n) is 2.80. The Labute approximate surface area is 107 Å². The second kappa shape index (κ2) is 4.54. The summed E-state index contributed by atoms with van der Waals surface area (Å²) in [6.45, 7) is 0.958. The predicted molar refractivity (Wildman–Crippen MR) is 66.3 cm³/mol. The molecule has 1 atom stereocenters. The highest BCUT2D eigenvalue weighted by Crippen LogP contribution is 2.35. The zero-order chi connectivity index (χ0) is 11.7. The van der Waals surface area contributed by atoms with Gasteiger partial charge in [-0.2, -0.15) is 10.1 Å². The molecule has 17 heavy (non-hydrogen) atoms. The van der Waals surface area contributed by atoms with Gasteiger partial charge in [-0.1, -0.05) is 0 Å². The first kappa shape index (κ1) is 10.9. The van der Waals surface area contributed by atoms with Crippen molar-refractivity contribution in [2.75, 3.05) is 11.4 Å². The SMILES string of the molecule is Clc1nncc(N2CCCC2c2nccs2)n1. The highest BCUT2D eigenvalue weighted by atomic mass is 35.5. The topological polar surface area (TPSA) is 54.8 Å². The van der Waals surface area contributed by atoms with Crippen LogP contribution in [0.1, 0.15) is 23.9 Å². The van der Waals surface area contributed by atoms with Crippen molar-refractivity contribution in [2.24, 2.45) is 0 Å². The standard InChI is InChI=1S/C10H10ClN5S/c11-10-14-8(6-13-15-10)16-4-1-2-7(16)9-12-3-5-17-9/h3,5-7H,1-2,4H2. The molecule has 0 bridgehead atoms. The van der Waals surface area contributed by atoms with Crippen LogP contribution in [0.5, 0.6) is 0 Å². The van der Waals surface area contributed by atoms with Crippen LogP contribution in [0.15, 0.2) is 17.8 Å². The Morgan fingerprint density at radius 3 is 3.18 bits per heavy atom. The van der Waals surface area contributed by atoms with Gasteiger partial charge in [-0.25, -0.2) is 4.98 Å². The van der Waals surface area contributed by atoms with Gasteiger partial charge in [0.1, 0.15) is 5.01 Å². The zero-order valence-corrected chi connectivity index (χ0v) is 10.5. The van der Waals surface area contributed by atoms with E-state index in [9.17, 15) is 0 Å². The van der Waals surface area contributed by atoms with Gasteiger partial charge < -0.3 is 4.90 Å². The number of halogens is 1. The van der Waals surface area contributed by atoms with Crippen LogP contribution >= 0.6 is 22.9 Å². The maximum absolute atomic E-state index is 5.77. The van der Waals surface area contributed by atoms with E-state index >= 15 is 0 Å². The summed E-state index contributed by atoms with van der Waals surface area (Å²) in [5.41, 5.74) is 0. The predicted octanol–water partition coefficient (Wildman–Crippen LogP) is 2.32. The third kappa shape index (κ3) is 2.10. The second-order valence-corrected chi connectivity index (χ2v) is 5.07. The van der Waals surface area contributed by atoms with E-state index in [4.69, 9.17) is 11.6 Å². The summed E-state index contributed by atoms with van der Waals surface area (Å²) >= 11 is 7.44. The van der Waals surface area contributed by atoms with Crippen LogP contribution in [0.25, 0.3) is 0 Å². The molecule has 1 unspecified atom stereocenters. The molecule has 0 aromatic carbocycles. The molecule has 2 aromatic rings. The van der Waals surface area contributed by atoms with E-state index in [0.29, 0.717) is 6.04 Å². The van der Waals surface area contributed by atoms with Crippen LogP contribution in [-0.2, 0) is 0 Å². The van der Waals surface area contributed by atoms with E-state index < -0.39 is 0 Å². The Morgan fingerprint density at radius 2 is 2.41 bits per heavy atom. The maximum Gasteiger partial charge on any atom is 0.244 e. The number of hydrogen-bond donors (Lipinski definition) is 0. The average molecular weight is 268 g/mol. The molecular formula is C10H10ClN5S. The molecule has 5 nitrogen and oxygen atoms in total. The smallest absolute Gasteiger partial charge is 0.244 e. The monoisotopic (exact) mass is 267 g/mol. The van der Waals surface area contributed by atoms with Crippen molar-refractivity contribution in [1.82, 2.24) is 20.2 Å². The van der Waals surface area contributed by atoms with Gasteiger partial charge in [0.05, 0.1) is 12.2 Å². The van der Waals surface area contributed by atoms with E-state index in [1.54, 1.807) is 17.5 Å². The van der Waals surface area contributed by atoms with E-state index in [-0.39, 0.29) is 5.28 Å². The van der Waals surface area contributed by atoms with Crippen molar-refractivity contribution in [3.63, 3.8) is 0 Å². The first-order valence-electron chi connectivity index (χ1n) is 5.36. The summed E-state index contributed by atoms with van der Waals surface area (Å²) in [6, 6.07) is 0.294. The van der Waals surface area contributed by atoms with Crippen molar-refractivity contribution in [1.29, 1.82) is 0 Å². The molecule has 0 amide bonds. The van der Waals surface area contributed by atoms with E-state index in [1.807, 2.05) is 11.6 Å². The van der Waals surface area contributed by atoms with Crippen LogP contribution in [-0.4, -0.2) is 26.7 Å². The molecule has 0 saturated carbocycles. The van der Waals surface area contributed by atoms with E-state index in [2.05, 4.69) is 25.1 Å². The van der Waals surface area contributed by atoms with Crippen molar-refractivity contribution >= 4 is 28.8 Å². The minimum absolute atomic E-state index is 0.187. The van der Waals surface area contributed by atoms with Gasteiger partial charge >= 0.3 is 0 Å². The molecule has 7 heteroatoms. The van der Waals surface area contributed by atoms with Crippen LogP contribution in [0.3, 0.4) is 0 Å². The molecule has 1 aliphatic rings. The maximum atomic E-state index is 5.77. The normalized spacial score (nSPS) is 19.8. The van der Waals surface area contributed by atoms with Crippen molar-refractivity contribution in [2.45, 2.75) is 18.9 Å². The molecule has 3 heterocycles. The molecule has 0 radical (unpaired) electrons. The molecular weight excluding hydrogens is 258 g/mol. The molecule has 88 valence electrons. The zero-order valence-electron chi connectivity index (χ0n) is 8.95. The fraction of sp³-hybridized carbons (Fsp3) is 0.400. The van der Waals surface area contributed by atoms with Gasteiger partial charge in [-0.15, -0.1) is 16.4 Å². The highest BCUT2D eigenvalue weighted by Gasteiger charge is 2.29. The Bertz CT molecular complexity index is 503. The molecule has 0 N–H and O–H groups in total. The molecule has 1 saturated heterocycles. The summed E-state index contributed by atoms with van der Waals surface area (Å²) in [6.07, 6.45) is 5.71. The summed E-state index contributed by atoms with van der Waals surface area (Å²) in [5, 5.41) is 10.8. The van der Waals surface area contributed by atoms with Gasteiger partial charge in [0.2, 0.25) is 5.28 Å². The Balaban J connectivity index is 1.92. The second-order valence-electron chi connectivity index (χ2n) is 3.81. The number of hydrogen-bond acceptors (Lipinski definition) is 6. The van der Waals surface area contributed by atoms with Crippen LogP contribution in [0, 0.1) is 0 Å². The highest BCUT2D eigenvalue weighted by molar-refractivity contribution is 7.09. The van der Waals surface area contributed by atoms with E-state index in [1.165, 1.54) is 0 Å². The van der Waals surface area contributed by atoms with Crippen LogP contribution in [0.2, 0.25) is 5.28 Å². The lowest BCUT2D eigenvalue weighted by Gasteiger charge is -2.23. The lowest BCUT2D eigenvalue weighted by atomic mass is 10.2. The summed E-state index contributed by atoms with van der Waals surface area (Å²) in [7, 11) is 0. The fourth-order valence-electron chi connectivity index (χ4n) is 2.11. The van der Waals surface area contributed by atoms with Gasteiger partial charge in [0.25, 0.3) is 0 Å². The molecule has 3 rings (SSSR count). The molecule has 0 spiro atoms. The minimum Gasteiger partial charge on any atom is -0.346 e. The van der Waals surface area contributed by atoms with Crippen molar-refractivity contribution < 1.29 is 0 Å². The van der Waals surface area contributed by atoms with Crippen molar-refractivity contribution in [3.05, 3.63) is 28.1 Å². The van der Waals surface area contributed by atoms with Crippen molar-refractivity contribution in [3.8, 4) is 0 Å². The number of anilines is 1. The molecule has 2 aromatic heterocycles. The quantitative estimate of drug-likeness (QED) is 0.836. The number of nitrogens with zero attached hydrogens (tertiary/aromatic N) is 5. The molecule has 1 fully saturated rings. The van der Waals surface area contributed by atoms with Crippen LogP contribution in [0.4, 0.5) is 5.82 Å². The summed E-state index contributed by atoms with van der Waals surface area (Å²) in [5.74, 6) is 0.780. The summed E-state index contributed by atoms with van der Waals surface area (Å²) in [4.78, 5) is 10.8. The van der Waals surface area contributed by atoms with E-state index in [0.717, 1.165) is 30.2 Å². The van der Waals surface area contributed by atoms with Gasteiger partial charge in [-0.3, -0.25) is 0 Å². The lowest BCUT2D eigenvalue weighted by Crippen LogP contribution is -2.23. The van der Waals surface area contributed by atoms with Gasteiger partial charge in [-0.05, 0) is 24.4 Å². The Kier molecular flexibility index (Phi) is 2.90. The first-order chi connectivity index (χ1) is 8.34. The molecule has 0 aliphatic carbocycles. The first-order valence-corrected chi connectivity index (χ1v) is 6.61. The number of rotatable bonds is 2. The fourth-order valence-corrected chi connectivity index (χ4v) is 3.02. The Hall–Kier alpha value is -1.27. The van der Waals surface area contributed by atoms with Crippen LogP contribution < -0.4 is 4.90 Å². The Morgan fingerprint density at radius 1 is 1.47 bits per heavy atom. The lowest BCUT2D eigenvalue weighted by molar-refractivity contribution is 0.700.